The quantitative estimate of drug-likeness (QED) is 0.659. The van der Waals surface area contributed by atoms with E-state index >= 15 is 0 Å². The van der Waals surface area contributed by atoms with Gasteiger partial charge in [0, 0.05) is 51.0 Å². The van der Waals surface area contributed by atoms with Gasteiger partial charge in [-0.3, -0.25) is 14.2 Å². The molecule has 3 heterocycles. The first-order valence-corrected chi connectivity index (χ1v) is 9.07. The number of hydrogen-bond donors (Lipinski definition) is 2. The average Bonchev–Trinajstić information content (AvgIpc) is 3.28. The molecule has 0 aliphatic heterocycles. The van der Waals surface area contributed by atoms with Gasteiger partial charge in [-0.25, -0.2) is 4.98 Å². The third kappa shape index (κ3) is 3.80. The fourth-order valence-corrected chi connectivity index (χ4v) is 2.90. The van der Waals surface area contributed by atoms with Crippen LogP contribution in [0.25, 0.3) is 11.3 Å². The summed E-state index contributed by atoms with van der Waals surface area (Å²) in [5.74, 6) is 1.96. The molecular weight excluding hydrogens is 358 g/mol. The van der Waals surface area contributed by atoms with Crippen molar-refractivity contribution in [2.24, 2.45) is 7.05 Å². The molecule has 3 aromatic rings. The molecule has 0 unspecified atom stereocenters. The number of hydrogen-bond acceptors (Lipinski definition) is 7. The Bertz CT molecular complexity index is 1020. The Morgan fingerprint density at radius 3 is 2.82 bits per heavy atom. The number of aromatic nitrogens is 6. The Balaban J connectivity index is 1.45. The lowest BCUT2D eigenvalue weighted by Gasteiger charge is -2.11. The molecule has 28 heavy (non-hydrogen) atoms. The van der Waals surface area contributed by atoms with E-state index in [0.29, 0.717) is 29.2 Å². The fourth-order valence-electron chi connectivity index (χ4n) is 2.90. The summed E-state index contributed by atoms with van der Waals surface area (Å²) < 4.78 is 3.27. The van der Waals surface area contributed by atoms with Gasteiger partial charge in [0.25, 0.3) is 0 Å². The molecule has 10 heteroatoms. The van der Waals surface area contributed by atoms with Crippen molar-refractivity contribution in [3.63, 3.8) is 0 Å². The van der Waals surface area contributed by atoms with E-state index in [2.05, 4.69) is 25.5 Å². The highest BCUT2D eigenvalue weighted by Gasteiger charge is 2.27. The maximum atomic E-state index is 12.4. The van der Waals surface area contributed by atoms with E-state index in [4.69, 9.17) is 5.73 Å². The van der Waals surface area contributed by atoms with Gasteiger partial charge in [-0.05, 0) is 12.8 Å². The number of anilines is 3. The molecule has 146 valence electrons. The van der Waals surface area contributed by atoms with Crippen LogP contribution < -0.4 is 16.0 Å². The monoisotopic (exact) mass is 381 g/mol. The van der Waals surface area contributed by atoms with Gasteiger partial charge in [0.05, 0.1) is 17.6 Å². The Kier molecular flexibility index (Phi) is 4.46. The minimum Gasteiger partial charge on any atom is -0.384 e. The predicted molar refractivity (Wildman–Crippen MR) is 106 cm³/mol. The van der Waals surface area contributed by atoms with Crippen LogP contribution in [0.3, 0.4) is 0 Å². The van der Waals surface area contributed by atoms with Gasteiger partial charge in [0.15, 0.2) is 0 Å². The molecule has 1 aliphatic carbocycles. The summed E-state index contributed by atoms with van der Waals surface area (Å²) in [7, 11) is 5.52. The number of nitrogens with two attached hydrogens (primary N) is 1. The molecule has 1 fully saturated rings. The number of nitrogen functional groups attached to an aromatic ring is 1. The molecule has 0 saturated heterocycles. The number of rotatable bonds is 6. The topological polar surface area (TPSA) is 120 Å². The smallest absolute Gasteiger partial charge is 0.247 e. The molecular formula is C18H23N9O. The molecule has 3 N–H and O–H groups in total. The van der Waals surface area contributed by atoms with Gasteiger partial charge in [-0.15, -0.1) is 0 Å². The van der Waals surface area contributed by atoms with Crippen LogP contribution in [-0.4, -0.2) is 49.5 Å². The maximum Gasteiger partial charge on any atom is 0.247 e. The van der Waals surface area contributed by atoms with Gasteiger partial charge < -0.3 is 16.0 Å². The third-order valence-corrected chi connectivity index (χ3v) is 4.53. The third-order valence-electron chi connectivity index (χ3n) is 4.53. The summed E-state index contributed by atoms with van der Waals surface area (Å²) in [6.45, 7) is 0.0883. The Hall–Kier alpha value is -3.43. The number of nitrogens with one attached hydrogen (secondary N) is 1. The molecule has 0 aromatic carbocycles. The molecule has 0 radical (unpaired) electrons. The summed E-state index contributed by atoms with van der Waals surface area (Å²) in [5, 5.41) is 11.6. The normalized spacial score (nSPS) is 13.5. The van der Waals surface area contributed by atoms with Crippen LogP contribution in [-0.2, 0) is 18.4 Å². The highest BCUT2D eigenvalue weighted by atomic mass is 16.2. The average molecular weight is 381 g/mol. The maximum absolute atomic E-state index is 12.4. The Labute approximate surface area is 162 Å². The van der Waals surface area contributed by atoms with Crippen molar-refractivity contribution in [1.29, 1.82) is 0 Å². The van der Waals surface area contributed by atoms with Crippen LogP contribution in [0.5, 0.6) is 0 Å². The number of amides is 1. The Morgan fingerprint density at radius 1 is 1.32 bits per heavy atom. The largest absolute Gasteiger partial charge is 0.384 e. The van der Waals surface area contributed by atoms with Gasteiger partial charge in [0.1, 0.15) is 18.2 Å². The second-order valence-electron chi connectivity index (χ2n) is 7.20. The van der Waals surface area contributed by atoms with Crippen molar-refractivity contribution in [1.82, 2.24) is 29.5 Å². The summed E-state index contributed by atoms with van der Waals surface area (Å²) in [5.41, 5.74) is 8.33. The van der Waals surface area contributed by atoms with E-state index in [-0.39, 0.29) is 12.5 Å². The van der Waals surface area contributed by atoms with Crippen LogP contribution >= 0.6 is 0 Å². The second-order valence-corrected chi connectivity index (χ2v) is 7.20. The standard InChI is InChI=1S/C18H23N9O/c1-25(2)18-21-13(6-15(19)22-18)12-8-20-27(9-12)10-17(28)23-16-7-14(11-4-5-11)24-26(16)3/h6-9,11H,4-5,10H2,1-3H3,(H,23,28)(H2,19,21,22). The minimum absolute atomic E-state index is 0.0883. The van der Waals surface area contributed by atoms with E-state index in [0.717, 1.165) is 11.3 Å². The summed E-state index contributed by atoms with van der Waals surface area (Å²) in [4.78, 5) is 22.8. The lowest BCUT2D eigenvalue weighted by molar-refractivity contribution is -0.116. The molecule has 0 atom stereocenters. The van der Waals surface area contributed by atoms with Gasteiger partial charge >= 0.3 is 0 Å². The van der Waals surface area contributed by atoms with Crippen molar-refractivity contribution in [3.8, 4) is 11.3 Å². The molecule has 4 rings (SSSR count). The first-order chi connectivity index (χ1) is 13.4. The van der Waals surface area contributed by atoms with Gasteiger partial charge in [-0.1, -0.05) is 0 Å². The summed E-state index contributed by atoms with van der Waals surface area (Å²) in [6.07, 6.45) is 5.76. The van der Waals surface area contributed by atoms with E-state index in [1.807, 2.05) is 27.2 Å². The molecule has 3 aromatic heterocycles. The van der Waals surface area contributed by atoms with Crippen molar-refractivity contribution in [3.05, 3.63) is 30.2 Å². The zero-order valence-electron chi connectivity index (χ0n) is 16.1. The number of aryl methyl sites for hydroxylation is 1. The van der Waals surface area contributed by atoms with Gasteiger partial charge in [0.2, 0.25) is 11.9 Å². The van der Waals surface area contributed by atoms with Crippen LogP contribution in [0.15, 0.2) is 24.5 Å². The lowest BCUT2D eigenvalue weighted by atomic mass is 10.2. The van der Waals surface area contributed by atoms with Crippen LogP contribution in [0.1, 0.15) is 24.5 Å². The van der Waals surface area contributed by atoms with Crippen LogP contribution in [0, 0.1) is 0 Å². The number of carbonyl (C=O) groups is 1. The summed E-state index contributed by atoms with van der Waals surface area (Å²) >= 11 is 0. The first-order valence-electron chi connectivity index (χ1n) is 9.07. The van der Waals surface area contributed by atoms with E-state index in [9.17, 15) is 4.79 Å². The number of nitrogens with zero attached hydrogens (tertiary/aromatic N) is 7. The van der Waals surface area contributed by atoms with Crippen molar-refractivity contribution >= 4 is 23.5 Å². The molecule has 0 bridgehead atoms. The van der Waals surface area contributed by atoms with Crippen molar-refractivity contribution in [2.75, 3.05) is 30.0 Å². The highest BCUT2D eigenvalue weighted by Crippen LogP contribution is 2.39. The van der Waals surface area contributed by atoms with E-state index in [1.54, 1.807) is 32.7 Å². The van der Waals surface area contributed by atoms with Gasteiger partial charge in [-0.2, -0.15) is 15.2 Å². The lowest BCUT2D eigenvalue weighted by Crippen LogP contribution is -2.20. The first kappa shape index (κ1) is 18.0. The van der Waals surface area contributed by atoms with Crippen LogP contribution in [0.2, 0.25) is 0 Å². The van der Waals surface area contributed by atoms with E-state index in [1.165, 1.54) is 12.8 Å². The molecule has 1 aliphatic rings. The zero-order chi connectivity index (χ0) is 19.8. The fraction of sp³-hybridized carbons (Fsp3) is 0.389. The predicted octanol–water partition coefficient (Wildman–Crippen LogP) is 1.24. The number of carbonyl (C=O) groups excluding carboxylic acids is 1. The molecule has 1 amide bonds. The second kappa shape index (κ2) is 6.95. The van der Waals surface area contributed by atoms with E-state index < -0.39 is 0 Å². The molecule has 1 saturated carbocycles. The van der Waals surface area contributed by atoms with Crippen molar-refractivity contribution < 1.29 is 4.79 Å². The zero-order valence-corrected chi connectivity index (χ0v) is 16.1. The molecule has 10 nitrogen and oxygen atoms in total. The van der Waals surface area contributed by atoms with Crippen LogP contribution in [0.4, 0.5) is 17.6 Å². The molecule has 0 spiro atoms. The SMILES string of the molecule is CN(C)c1nc(N)cc(-c2cnn(CC(=O)Nc3cc(C4CC4)nn3C)c2)n1. The summed E-state index contributed by atoms with van der Waals surface area (Å²) in [6, 6.07) is 3.62. The highest BCUT2D eigenvalue weighted by molar-refractivity contribution is 5.89. The minimum atomic E-state index is -0.170. The Morgan fingerprint density at radius 2 is 2.11 bits per heavy atom. The van der Waals surface area contributed by atoms with Crippen molar-refractivity contribution in [2.45, 2.75) is 25.3 Å².